The van der Waals surface area contributed by atoms with Gasteiger partial charge in [-0.25, -0.2) is 0 Å². The summed E-state index contributed by atoms with van der Waals surface area (Å²) in [4.78, 5) is 13.2. The molecule has 1 aromatic heterocycles. The molecule has 30 heavy (non-hydrogen) atoms. The second-order valence-corrected chi connectivity index (χ2v) is 9.41. The molecule has 156 valence electrons. The van der Waals surface area contributed by atoms with Crippen LogP contribution in [0.2, 0.25) is 0 Å². The zero-order chi connectivity index (χ0) is 21.3. The van der Waals surface area contributed by atoms with E-state index in [1.54, 1.807) is 0 Å². The van der Waals surface area contributed by atoms with E-state index in [1.165, 1.54) is 0 Å². The lowest BCUT2D eigenvalue weighted by Crippen LogP contribution is -2.27. The molecule has 1 aliphatic carbocycles. The van der Waals surface area contributed by atoms with Crippen LogP contribution >= 0.6 is 0 Å². The number of amides is 1. The maximum absolute atomic E-state index is 13.2. The van der Waals surface area contributed by atoms with Gasteiger partial charge in [-0.3, -0.25) is 4.79 Å². The Bertz CT molecular complexity index is 1180. The van der Waals surface area contributed by atoms with Crippen molar-refractivity contribution in [2.75, 3.05) is 12.1 Å². The van der Waals surface area contributed by atoms with E-state index in [9.17, 15) is 10.0 Å². The molecule has 3 aromatic rings. The number of hydrogen-bond donors (Lipinski definition) is 1. The summed E-state index contributed by atoms with van der Waals surface area (Å²) in [6.45, 7) is 8.19. The molecule has 1 saturated carbocycles. The van der Waals surface area contributed by atoms with E-state index in [-0.39, 0.29) is 18.1 Å². The Labute approximate surface area is 175 Å². The van der Waals surface area contributed by atoms with Crippen LogP contribution in [-0.2, 0) is 15.6 Å². The van der Waals surface area contributed by atoms with Gasteiger partial charge >= 0.3 is 0 Å². The molecule has 0 saturated heterocycles. The molecule has 6 heteroatoms. The number of aromatic nitrogens is 1. The van der Waals surface area contributed by atoms with Crippen molar-refractivity contribution in [3.05, 3.63) is 58.4 Å². The molecule has 5 rings (SSSR count). The van der Waals surface area contributed by atoms with E-state index in [0.29, 0.717) is 22.7 Å². The molecule has 0 atom stereocenters. The van der Waals surface area contributed by atoms with E-state index in [0.717, 1.165) is 39.8 Å². The van der Waals surface area contributed by atoms with Crippen molar-refractivity contribution in [2.45, 2.75) is 51.4 Å². The monoisotopic (exact) mass is 405 g/mol. The van der Waals surface area contributed by atoms with Crippen molar-refractivity contribution in [3.63, 3.8) is 0 Å². The number of hydrogen-bond acceptors (Lipinski definition) is 4. The van der Waals surface area contributed by atoms with Gasteiger partial charge < -0.3 is 24.7 Å². The van der Waals surface area contributed by atoms with E-state index in [1.807, 2.05) is 64.1 Å². The summed E-state index contributed by atoms with van der Waals surface area (Å²) >= 11 is 0. The average molecular weight is 405 g/mol. The Morgan fingerprint density at radius 3 is 2.53 bits per heavy atom. The number of nitrogens with one attached hydrogen (secondary N) is 1. The van der Waals surface area contributed by atoms with E-state index in [2.05, 4.69) is 5.32 Å². The Morgan fingerprint density at radius 2 is 1.83 bits per heavy atom. The first kappa shape index (κ1) is 18.9. The van der Waals surface area contributed by atoms with Crippen LogP contribution in [0.5, 0.6) is 11.5 Å². The fraction of sp³-hybridized carbons (Fsp3) is 0.375. The summed E-state index contributed by atoms with van der Waals surface area (Å²) in [5.41, 5.74) is 3.10. The van der Waals surface area contributed by atoms with Crippen molar-refractivity contribution in [3.8, 4) is 11.5 Å². The Morgan fingerprint density at radius 1 is 1.10 bits per heavy atom. The topological polar surface area (TPSA) is 75.5 Å². The van der Waals surface area contributed by atoms with E-state index < -0.39 is 5.41 Å². The zero-order valence-electron chi connectivity index (χ0n) is 17.7. The van der Waals surface area contributed by atoms with Gasteiger partial charge in [0.05, 0.1) is 5.41 Å². The largest absolute Gasteiger partial charge is 0.805 e. The second kappa shape index (κ2) is 6.17. The van der Waals surface area contributed by atoms with Crippen molar-refractivity contribution in [1.29, 1.82) is 0 Å². The number of carbonyl (C=O) groups is 1. The second-order valence-electron chi connectivity index (χ2n) is 9.41. The summed E-state index contributed by atoms with van der Waals surface area (Å²) in [5, 5.41) is 16.7. The van der Waals surface area contributed by atoms with E-state index >= 15 is 0 Å². The lowest BCUT2D eigenvalue weighted by molar-refractivity contribution is -0.118. The number of rotatable bonds is 3. The van der Waals surface area contributed by atoms with Crippen LogP contribution in [0.4, 0.5) is 5.69 Å². The Hall–Kier alpha value is -3.15. The molecular formula is C24H25N2O4-. The quantitative estimate of drug-likeness (QED) is 0.666. The van der Waals surface area contributed by atoms with Crippen molar-refractivity contribution >= 4 is 22.5 Å². The highest BCUT2D eigenvalue weighted by Gasteiger charge is 2.51. The maximum atomic E-state index is 13.2. The number of aryl methyl sites for hydroxylation is 1. The Kier molecular flexibility index (Phi) is 3.88. The minimum Gasteiger partial charge on any atom is -0.805 e. The van der Waals surface area contributed by atoms with Gasteiger partial charge in [0.2, 0.25) is 12.7 Å². The number of carbonyl (C=O) groups excluding carboxylic acids is 1. The molecular weight excluding hydrogens is 380 g/mol. The van der Waals surface area contributed by atoms with Crippen LogP contribution in [0.15, 0.2) is 36.4 Å². The lowest BCUT2D eigenvalue weighted by Gasteiger charge is -2.25. The first-order valence-corrected chi connectivity index (χ1v) is 10.2. The van der Waals surface area contributed by atoms with Crippen molar-refractivity contribution in [1.82, 2.24) is 4.73 Å². The van der Waals surface area contributed by atoms with Gasteiger partial charge in [-0.1, -0.05) is 26.8 Å². The third-order valence-electron chi connectivity index (χ3n) is 6.18. The standard InChI is InChI=1S/C24H25N2O4/c1-14-9-17(10-15-11-20(23(2,3)4)26(28)21(14)15)25-22(27)24(7-8-24)16-5-6-18-19(12-16)30-13-29-18/h5-6,9-12H,7-8,13H2,1-4H3,(H,25,27)/q-1. The highest BCUT2D eigenvalue weighted by molar-refractivity contribution is 6.03. The molecule has 2 aliphatic rings. The van der Waals surface area contributed by atoms with Gasteiger partial charge in [-0.05, 0) is 61.2 Å². The average Bonchev–Trinajstić information content (AvgIpc) is 3.22. The summed E-state index contributed by atoms with van der Waals surface area (Å²) in [6.07, 6.45) is 1.59. The van der Waals surface area contributed by atoms with E-state index in [4.69, 9.17) is 9.47 Å². The predicted molar refractivity (Wildman–Crippen MR) is 116 cm³/mol. The molecule has 1 aliphatic heterocycles. The fourth-order valence-electron chi connectivity index (χ4n) is 4.33. The number of anilines is 1. The molecule has 0 radical (unpaired) electrons. The molecule has 6 nitrogen and oxygen atoms in total. The van der Waals surface area contributed by atoms with Crippen molar-refractivity contribution < 1.29 is 14.3 Å². The first-order chi connectivity index (χ1) is 14.2. The third kappa shape index (κ3) is 2.82. The summed E-state index contributed by atoms with van der Waals surface area (Å²) < 4.78 is 11.9. The van der Waals surface area contributed by atoms with Gasteiger partial charge in [-0.2, -0.15) is 0 Å². The molecule has 1 fully saturated rings. The van der Waals surface area contributed by atoms with Gasteiger partial charge in [-0.15, -0.1) is 0 Å². The van der Waals surface area contributed by atoms with Crippen LogP contribution in [-0.4, -0.2) is 17.4 Å². The van der Waals surface area contributed by atoms with Crippen LogP contribution in [0, 0.1) is 12.1 Å². The van der Waals surface area contributed by atoms with Gasteiger partial charge in [0.1, 0.15) is 0 Å². The van der Waals surface area contributed by atoms with Crippen LogP contribution in [0.3, 0.4) is 0 Å². The highest BCUT2D eigenvalue weighted by atomic mass is 16.7. The molecule has 0 spiro atoms. The summed E-state index contributed by atoms with van der Waals surface area (Å²) in [5.74, 6) is 1.38. The third-order valence-corrected chi connectivity index (χ3v) is 6.18. The predicted octanol–water partition coefficient (Wildman–Crippen LogP) is 4.99. The number of nitrogens with zero attached hydrogens (tertiary/aromatic N) is 1. The normalized spacial score (nSPS) is 16.7. The van der Waals surface area contributed by atoms with Gasteiger partial charge in [0.15, 0.2) is 11.5 Å². The van der Waals surface area contributed by atoms with Gasteiger partial charge in [0, 0.05) is 27.7 Å². The van der Waals surface area contributed by atoms with Crippen LogP contribution in [0.25, 0.3) is 10.9 Å². The smallest absolute Gasteiger partial charge is 0.235 e. The van der Waals surface area contributed by atoms with Gasteiger partial charge in [0.25, 0.3) is 0 Å². The molecule has 1 amide bonds. The van der Waals surface area contributed by atoms with Crippen molar-refractivity contribution in [2.24, 2.45) is 0 Å². The first-order valence-electron chi connectivity index (χ1n) is 10.2. The zero-order valence-corrected chi connectivity index (χ0v) is 17.7. The molecule has 2 aromatic carbocycles. The summed E-state index contributed by atoms with van der Waals surface area (Å²) in [7, 11) is 0. The minimum absolute atomic E-state index is 0.0299. The number of fused-ring (bicyclic) bond motifs is 2. The molecule has 2 heterocycles. The Balaban J connectivity index is 1.46. The fourth-order valence-corrected chi connectivity index (χ4v) is 4.33. The van der Waals surface area contributed by atoms with Crippen LogP contribution < -0.4 is 14.8 Å². The lowest BCUT2D eigenvalue weighted by atomic mass is 9.92. The number of benzene rings is 2. The molecule has 1 N–H and O–H groups in total. The highest BCUT2D eigenvalue weighted by Crippen LogP contribution is 2.51. The number of ether oxygens (including phenoxy) is 2. The molecule has 0 bridgehead atoms. The summed E-state index contributed by atoms with van der Waals surface area (Å²) in [6, 6.07) is 11.4. The maximum Gasteiger partial charge on any atom is 0.235 e. The minimum atomic E-state index is -0.537. The SMILES string of the molecule is Cc1cc(NC(=O)C2(c3ccc4c(c3)OCO4)CC2)cc2cc(C(C)(C)C)n([O-])c12. The van der Waals surface area contributed by atoms with Crippen LogP contribution in [0.1, 0.15) is 50.4 Å². The molecule has 0 unspecified atom stereocenters.